The van der Waals surface area contributed by atoms with Gasteiger partial charge in [0.25, 0.3) is 0 Å². The van der Waals surface area contributed by atoms with Crippen LogP contribution in [-0.4, -0.2) is 12.1 Å². The molecule has 0 aliphatic rings. The van der Waals surface area contributed by atoms with Crippen LogP contribution in [0.3, 0.4) is 0 Å². The van der Waals surface area contributed by atoms with Gasteiger partial charge in [0, 0.05) is 0 Å². The molecule has 0 spiro atoms. The van der Waals surface area contributed by atoms with E-state index in [1.54, 1.807) is 30.3 Å². The van der Waals surface area contributed by atoms with Gasteiger partial charge < -0.3 is 4.74 Å². The van der Waals surface area contributed by atoms with Gasteiger partial charge in [0.2, 0.25) is 5.83 Å². The molecule has 0 aliphatic carbocycles. The molecule has 0 heterocycles. The summed E-state index contributed by atoms with van der Waals surface area (Å²) in [6, 6.07) is 8.29. The molecule has 0 saturated heterocycles. The van der Waals surface area contributed by atoms with E-state index in [-0.39, 0.29) is 6.61 Å². The van der Waals surface area contributed by atoms with Crippen LogP contribution in [0.15, 0.2) is 41.7 Å². The summed E-state index contributed by atoms with van der Waals surface area (Å²) in [6.45, 7) is 0.842. The third kappa shape index (κ3) is 4.39. The lowest BCUT2D eigenvalue weighted by Gasteiger charge is -2.11. The van der Waals surface area contributed by atoms with Gasteiger partial charge in [-0.2, -0.15) is 17.6 Å². The molecule has 0 aliphatic heterocycles. The number of rotatable bonds is 4. The highest BCUT2D eigenvalue weighted by atomic mass is 19.4. The zero-order chi connectivity index (χ0) is 14.5. The van der Waals surface area contributed by atoms with Gasteiger partial charge in [-0.15, -0.1) is 0 Å². The van der Waals surface area contributed by atoms with Crippen molar-refractivity contribution in [2.24, 2.45) is 0 Å². The Balaban J connectivity index is 2.75. The van der Waals surface area contributed by atoms with E-state index in [9.17, 15) is 22.4 Å². The smallest absolute Gasteiger partial charge is 0.415 e. The van der Waals surface area contributed by atoms with E-state index in [4.69, 9.17) is 0 Å². The van der Waals surface area contributed by atoms with Crippen LogP contribution < -0.4 is 0 Å². The van der Waals surface area contributed by atoms with Crippen LogP contribution >= 0.6 is 0 Å². The quantitative estimate of drug-likeness (QED) is 0.473. The Kier molecular flexibility index (Phi) is 5.09. The van der Waals surface area contributed by atoms with Crippen molar-refractivity contribution in [3.8, 4) is 0 Å². The summed E-state index contributed by atoms with van der Waals surface area (Å²) in [4.78, 5) is 11.2. The molecular formula is C13H12F4O2. The Hall–Kier alpha value is -1.85. The molecule has 1 rings (SSSR count). The molecule has 0 saturated carbocycles. The number of hydrogen-bond donors (Lipinski definition) is 0. The molecule has 0 unspecified atom stereocenters. The van der Waals surface area contributed by atoms with Gasteiger partial charge >= 0.3 is 12.1 Å². The fourth-order valence-electron chi connectivity index (χ4n) is 1.39. The van der Waals surface area contributed by atoms with Crippen molar-refractivity contribution in [1.82, 2.24) is 0 Å². The molecular weight excluding hydrogens is 264 g/mol. The predicted octanol–water partition coefficient (Wildman–Crippen LogP) is 3.93. The summed E-state index contributed by atoms with van der Waals surface area (Å²) in [6.07, 6.45) is -5.50. The van der Waals surface area contributed by atoms with Crippen LogP contribution in [0.25, 0.3) is 0 Å². The summed E-state index contributed by atoms with van der Waals surface area (Å²) >= 11 is 0. The summed E-state index contributed by atoms with van der Waals surface area (Å²) in [5, 5.41) is 0. The first kappa shape index (κ1) is 15.2. The summed E-state index contributed by atoms with van der Waals surface area (Å²) < 4.78 is 55.0. The van der Waals surface area contributed by atoms with Crippen molar-refractivity contribution < 1.29 is 27.1 Å². The Morgan fingerprint density at radius 3 is 2.26 bits per heavy atom. The molecule has 0 atom stereocenters. The third-order valence-corrected chi connectivity index (χ3v) is 2.35. The zero-order valence-electron chi connectivity index (χ0n) is 10.1. The molecule has 0 radical (unpaired) electrons. The number of carbonyl (C=O) groups is 1. The van der Waals surface area contributed by atoms with E-state index < -0.39 is 30.0 Å². The topological polar surface area (TPSA) is 26.3 Å². The number of halogens is 4. The lowest BCUT2D eigenvalue weighted by molar-refractivity contribution is -0.143. The average molecular weight is 276 g/mol. The van der Waals surface area contributed by atoms with Crippen molar-refractivity contribution in [3.05, 3.63) is 47.3 Å². The molecule has 1 aromatic carbocycles. The minimum atomic E-state index is -4.87. The molecule has 0 aromatic heterocycles. The van der Waals surface area contributed by atoms with Gasteiger partial charge in [0.05, 0.1) is 5.57 Å². The Labute approximate surface area is 107 Å². The van der Waals surface area contributed by atoms with Crippen molar-refractivity contribution in [2.45, 2.75) is 26.1 Å². The maximum Gasteiger partial charge on any atom is 0.415 e. The molecule has 0 N–H and O–H groups in total. The molecule has 104 valence electrons. The molecule has 19 heavy (non-hydrogen) atoms. The average Bonchev–Trinajstić information content (AvgIpc) is 2.36. The number of hydrogen-bond acceptors (Lipinski definition) is 2. The fourth-order valence-corrected chi connectivity index (χ4v) is 1.39. The minimum absolute atomic E-state index is 0.276. The molecule has 0 fully saturated rings. The lowest BCUT2D eigenvalue weighted by atomic mass is 10.1. The van der Waals surface area contributed by atoms with Crippen LogP contribution in [0, 0.1) is 0 Å². The van der Waals surface area contributed by atoms with E-state index in [1.165, 1.54) is 0 Å². The van der Waals surface area contributed by atoms with E-state index >= 15 is 0 Å². The summed E-state index contributed by atoms with van der Waals surface area (Å²) in [5.41, 5.74) is -0.945. The summed E-state index contributed by atoms with van der Waals surface area (Å²) in [7, 11) is 0. The van der Waals surface area contributed by atoms with Crippen molar-refractivity contribution in [2.75, 3.05) is 0 Å². The number of carbonyl (C=O) groups excluding carboxylic acids is 1. The third-order valence-electron chi connectivity index (χ3n) is 2.35. The molecule has 6 heteroatoms. The lowest BCUT2D eigenvalue weighted by Crippen LogP contribution is -2.17. The van der Waals surface area contributed by atoms with Gasteiger partial charge in [0.15, 0.2) is 0 Å². The van der Waals surface area contributed by atoms with Gasteiger partial charge in [-0.05, 0) is 12.0 Å². The maximum absolute atomic E-state index is 13.3. The van der Waals surface area contributed by atoms with E-state index in [1.807, 2.05) is 0 Å². The number of allylic oxidation sites excluding steroid dienone is 1. The van der Waals surface area contributed by atoms with Crippen LogP contribution in [0.5, 0.6) is 0 Å². The second-order valence-electron chi connectivity index (χ2n) is 3.71. The predicted molar refractivity (Wildman–Crippen MR) is 60.7 cm³/mol. The Morgan fingerprint density at radius 2 is 1.79 bits per heavy atom. The second kappa shape index (κ2) is 6.36. The first-order valence-electron chi connectivity index (χ1n) is 5.53. The van der Waals surface area contributed by atoms with Crippen molar-refractivity contribution >= 4 is 5.97 Å². The number of alkyl halides is 3. The van der Waals surface area contributed by atoms with Crippen molar-refractivity contribution in [1.29, 1.82) is 0 Å². The van der Waals surface area contributed by atoms with Crippen LogP contribution in [0.4, 0.5) is 17.6 Å². The highest BCUT2D eigenvalue weighted by Crippen LogP contribution is 2.31. The standard InChI is InChI=1S/C13H12F4O2/c1-2-10(13(15,16)17)11(14)12(18)19-8-9-6-4-3-5-7-9/h3-7H,2,8H2,1H3/b11-10+. The van der Waals surface area contributed by atoms with E-state index in [2.05, 4.69) is 4.74 Å². The summed E-state index contributed by atoms with van der Waals surface area (Å²) in [5.74, 6) is -3.48. The molecule has 1 aromatic rings. The normalized spacial score (nSPS) is 12.9. The first-order chi connectivity index (χ1) is 8.86. The van der Waals surface area contributed by atoms with E-state index in [0.717, 1.165) is 6.92 Å². The number of ether oxygens (including phenoxy) is 1. The van der Waals surface area contributed by atoms with Crippen LogP contribution in [0.2, 0.25) is 0 Å². The largest absolute Gasteiger partial charge is 0.456 e. The molecule has 0 amide bonds. The van der Waals surface area contributed by atoms with Crippen molar-refractivity contribution in [3.63, 3.8) is 0 Å². The fraction of sp³-hybridized carbons (Fsp3) is 0.308. The maximum atomic E-state index is 13.3. The van der Waals surface area contributed by atoms with Crippen LogP contribution in [0.1, 0.15) is 18.9 Å². The van der Waals surface area contributed by atoms with Crippen LogP contribution in [-0.2, 0) is 16.1 Å². The Bertz CT molecular complexity index is 463. The highest BCUT2D eigenvalue weighted by molar-refractivity contribution is 5.87. The van der Waals surface area contributed by atoms with E-state index in [0.29, 0.717) is 5.56 Å². The van der Waals surface area contributed by atoms with Gasteiger partial charge in [-0.1, -0.05) is 37.3 Å². The number of esters is 1. The Morgan fingerprint density at radius 1 is 1.21 bits per heavy atom. The van der Waals surface area contributed by atoms with Gasteiger partial charge in [0.1, 0.15) is 6.61 Å². The van der Waals surface area contributed by atoms with Gasteiger partial charge in [-0.3, -0.25) is 0 Å². The van der Waals surface area contributed by atoms with Gasteiger partial charge in [-0.25, -0.2) is 4.79 Å². The minimum Gasteiger partial charge on any atom is -0.456 e. The second-order valence-corrected chi connectivity index (χ2v) is 3.71. The first-order valence-corrected chi connectivity index (χ1v) is 5.53. The number of benzene rings is 1. The highest BCUT2D eigenvalue weighted by Gasteiger charge is 2.37. The monoisotopic (exact) mass is 276 g/mol. The zero-order valence-corrected chi connectivity index (χ0v) is 10.1. The molecule has 2 nitrogen and oxygen atoms in total. The SMILES string of the molecule is CC/C(=C(\F)C(=O)OCc1ccccc1)C(F)(F)F. The molecule has 0 bridgehead atoms.